The highest BCUT2D eigenvalue weighted by molar-refractivity contribution is 6.32. The molecule has 1 amide bonds. The highest BCUT2D eigenvalue weighted by Crippen LogP contribution is 2.37. The first kappa shape index (κ1) is 89.0. The van der Waals surface area contributed by atoms with Crippen LogP contribution in [0.5, 0.6) is 57.5 Å². The smallest absolute Gasteiger partial charge is 0.269 e. The number of carbonyl (C=O) groups excluding carboxylic acids is 1. The summed E-state index contributed by atoms with van der Waals surface area (Å²) in [7, 11) is 3.24. The number of nitrogens with zero attached hydrogens (tertiary/aromatic N) is 2. The number of aromatic nitrogens is 2. The van der Waals surface area contributed by atoms with Crippen LogP contribution in [0.4, 0.5) is 4.39 Å². The fraction of sp³-hybridized carbons (Fsp3) is 0.290. The number of nitrogens with one attached hydrogen (secondary N) is 1. The van der Waals surface area contributed by atoms with Crippen LogP contribution in [-0.4, -0.2) is 30.0 Å². The summed E-state index contributed by atoms with van der Waals surface area (Å²) in [6, 6.07) is 86.9. The number of benzene rings is 10. The standard InChI is InChI=1S/C18H22N2O2.C18H22O.C17H20O2.C16H17FO.C16H18O.C15H16ClNO/c1-18(2,3)12-13-5-7-14(8-6-13)22-15-9-10-20-16(11-15)17(21)19-4;1-13-6-9-17(12-14(13)2)19-16-10-7-15(8-11-16)18(3,4)5;1-17(2,3)13-10-11-15(16(12-13)18-4)19-14-8-6-5-7-9-14;1-12(2)15-9-8-14(10-16(15)17)18-11-13-6-4-3-5-7-13;1-13(2)15-8-10-16(11-9-15)17-12-14-6-4-3-5-7-14;1-11(2)12-6-7-15(14(16)9-12)18-10-13-5-3-4-8-17-13/h5-11H,12H2,1-4H3,(H,19,21);6-12H,1-5H3;5-12H,1-4H3;3-10,12H,11H2,1-2H3;3-11,13H,12H2,1-2H3;3-9,11H,10H2,1-2H3. The number of pyridine rings is 2. The lowest BCUT2D eigenvalue weighted by molar-refractivity contribution is 0.0957. The van der Waals surface area contributed by atoms with Crippen molar-refractivity contribution < 1.29 is 42.3 Å². The van der Waals surface area contributed by atoms with Crippen molar-refractivity contribution >= 4 is 17.5 Å². The molecular weight excluding hydrogens is 1430 g/mol. The normalized spacial score (nSPS) is 10.9. The van der Waals surface area contributed by atoms with E-state index in [1.807, 2.05) is 190 Å². The van der Waals surface area contributed by atoms with Crippen LogP contribution in [0.3, 0.4) is 0 Å². The van der Waals surface area contributed by atoms with Gasteiger partial charge in [0.2, 0.25) is 0 Å². The number of carbonyl (C=O) groups is 1. The van der Waals surface area contributed by atoms with E-state index in [4.69, 9.17) is 44.8 Å². The third-order valence-corrected chi connectivity index (χ3v) is 18.2. The van der Waals surface area contributed by atoms with Gasteiger partial charge in [-0.3, -0.25) is 14.8 Å². The van der Waals surface area contributed by atoms with E-state index >= 15 is 0 Å². The number of hydrogen-bond acceptors (Lipinski definition) is 10. The molecule has 1 N–H and O–H groups in total. The van der Waals surface area contributed by atoms with Crippen molar-refractivity contribution in [2.75, 3.05) is 14.2 Å². The van der Waals surface area contributed by atoms with Crippen LogP contribution in [-0.2, 0) is 37.1 Å². The Hall–Kier alpha value is -11.2. The second-order valence-corrected chi connectivity index (χ2v) is 32.1. The Morgan fingerprint density at radius 2 is 0.920 bits per heavy atom. The van der Waals surface area contributed by atoms with E-state index in [1.165, 1.54) is 50.6 Å². The Labute approximate surface area is 677 Å². The maximum Gasteiger partial charge on any atom is 0.269 e. The molecule has 113 heavy (non-hydrogen) atoms. The van der Waals surface area contributed by atoms with Gasteiger partial charge in [0.25, 0.3) is 5.91 Å². The lowest BCUT2D eigenvalue weighted by Gasteiger charge is -2.20. The molecule has 0 spiro atoms. The Morgan fingerprint density at radius 3 is 1.43 bits per heavy atom. The van der Waals surface area contributed by atoms with Gasteiger partial charge in [0.15, 0.2) is 11.5 Å². The number of hydrogen-bond donors (Lipinski definition) is 1. The average molecular weight is 1540 g/mol. The minimum Gasteiger partial charge on any atom is -0.493 e. The minimum atomic E-state index is -0.231. The molecule has 10 aromatic carbocycles. The molecule has 0 fully saturated rings. The number of amides is 1. The molecule has 0 unspecified atom stereocenters. The Balaban J connectivity index is 0.000000188. The fourth-order valence-electron chi connectivity index (χ4n) is 11.0. The molecule has 2 aromatic heterocycles. The maximum absolute atomic E-state index is 13.7. The molecule has 0 bridgehead atoms. The van der Waals surface area contributed by atoms with Crippen LogP contribution in [0.1, 0.15) is 193 Å². The average Bonchev–Trinajstić information content (AvgIpc) is 0.816. The van der Waals surface area contributed by atoms with E-state index in [2.05, 4.69) is 186 Å². The monoisotopic (exact) mass is 1540 g/mol. The predicted molar refractivity (Wildman–Crippen MR) is 463 cm³/mol. The van der Waals surface area contributed by atoms with Crippen molar-refractivity contribution in [2.45, 2.75) is 173 Å². The summed E-state index contributed by atoms with van der Waals surface area (Å²) in [6.45, 7) is 38.2. The van der Waals surface area contributed by atoms with Gasteiger partial charge in [-0.2, -0.15) is 0 Å². The van der Waals surface area contributed by atoms with E-state index in [-0.39, 0.29) is 33.9 Å². The van der Waals surface area contributed by atoms with Crippen molar-refractivity contribution in [1.82, 2.24) is 15.3 Å². The highest BCUT2D eigenvalue weighted by Gasteiger charge is 2.19. The number of para-hydroxylation sites is 1. The summed E-state index contributed by atoms with van der Waals surface area (Å²) in [4.78, 5) is 19.8. The summed E-state index contributed by atoms with van der Waals surface area (Å²) >= 11 is 6.19. The molecule has 0 aliphatic rings. The molecule has 13 heteroatoms. The van der Waals surface area contributed by atoms with Crippen molar-refractivity contribution in [3.05, 3.63) is 357 Å². The van der Waals surface area contributed by atoms with Crippen molar-refractivity contribution in [1.29, 1.82) is 0 Å². The van der Waals surface area contributed by atoms with Gasteiger partial charge in [-0.25, -0.2) is 4.39 Å². The van der Waals surface area contributed by atoms with Gasteiger partial charge in [0, 0.05) is 31.6 Å². The lowest BCUT2D eigenvalue weighted by atomic mass is 9.87. The first-order chi connectivity index (χ1) is 53.8. The number of aryl methyl sites for hydroxylation is 2. The third-order valence-electron chi connectivity index (χ3n) is 17.9. The summed E-state index contributed by atoms with van der Waals surface area (Å²) in [5, 5.41) is 3.19. The quantitative estimate of drug-likeness (QED) is 0.0745. The summed E-state index contributed by atoms with van der Waals surface area (Å²) in [5.74, 6) is 8.42. The van der Waals surface area contributed by atoms with Crippen LogP contribution >= 0.6 is 11.6 Å². The molecule has 2 heterocycles. The van der Waals surface area contributed by atoms with E-state index in [9.17, 15) is 9.18 Å². The predicted octanol–water partition coefficient (Wildman–Crippen LogP) is 27.4. The molecule has 11 nitrogen and oxygen atoms in total. The Bertz CT molecular complexity index is 4790. The Kier molecular flexibility index (Phi) is 34.8. The van der Waals surface area contributed by atoms with Crippen LogP contribution in [0.15, 0.2) is 279 Å². The molecule has 0 aliphatic carbocycles. The molecule has 0 radical (unpaired) electrons. The van der Waals surface area contributed by atoms with Gasteiger partial charge >= 0.3 is 0 Å². The molecular formula is C100H115ClFN3O8. The SMILES string of the molecule is CC(C)c1ccc(OCc2ccccc2)cc1.CC(C)c1ccc(OCc2ccccc2)cc1F.CC(C)c1ccc(OCc2ccccn2)c(Cl)c1.CNC(=O)c1cc(Oc2ccc(CC(C)(C)C)cc2)ccn1.COc1cc(C(C)(C)C)ccc1Oc1ccccc1.Cc1ccc(Oc2ccc(C(C)(C)C)cc2)cc1C. The molecule has 0 atom stereocenters. The zero-order chi connectivity index (χ0) is 82.1. The number of halogens is 2. The first-order valence-electron chi connectivity index (χ1n) is 38.6. The van der Waals surface area contributed by atoms with Gasteiger partial charge < -0.3 is 38.5 Å². The number of rotatable bonds is 21. The largest absolute Gasteiger partial charge is 0.493 e. The second-order valence-electron chi connectivity index (χ2n) is 31.7. The zero-order valence-corrected chi connectivity index (χ0v) is 70.3. The molecule has 12 aromatic rings. The molecule has 0 saturated carbocycles. The van der Waals surface area contributed by atoms with Crippen molar-refractivity contribution in [3.8, 4) is 57.5 Å². The van der Waals surface area contributed by atoms with Crippen LogP contribution < -0.4 is 38.5 Å². The fourth-order valence-corrected chi connectivity index (χ4v) is 11.3. The Morgan fingerprint density at radius 1 is 0.416 bits per heavy atom. The first-order valence-corrected chi connectivity index (χ1v) is 39.0. The summed E-state index contributed by atoms with van der Waals surface area (Å²) < 4.78 is 53.6. The van der Waals surface area contributed by atoms with E-state index in [0.717, 1.165) is 63.5 Å². The van der Waals surface area contributed by atoms with Gasteiger partial charge in [0.1, 0.15) is 77.3 Å². The maximum atomic E-state index is 13.7. The van der Waals surface area contributed by atoms with Gasteiger partial charge in [-0.1, -0.05) is 261 Å². The third kappa shape index (κ3) is 31.5. The molecule has 12 rings (SSSR count). The number of methoxy groups -OCH3 is 1. The van der Waals surface area contributed by atoms with Crippen LogP contribution in [0.2, 0.25) is 5.02 Å². The lowest BCUT2D eigenvalue weighted by Crippen LogP contribution is -2.18. The molecule has 0 saturated heterocycles. The van der Waals surface area contributed by atoms with Gasteiger partial charge in [-0.15, -0.1) is 0 Å². The van der Waals surface area contributed by atoms with Gasteiger partial charge in [-0.05, 0) is 219 Å². The summed E-state index contributed by atoms with van der Waals surface area (Å²) in [5.41, 5.74) is 13.7. The molecule has 592 valence electrons. The van der Waals surface area contributed by atoms with Gasteiger partial charge in [0.05, 0.1) is 17.8 Å². The van der Waals surface area contributed by atoms with E-state index in [0.29, 0.717) is 59.6 Å². The van der Waals surface area contributed by atoms with E-state index < -0.39 is 0 Å². The van der Waals surface area contributed by atoms with Crippen molar-refractivity contribution in [3.63, 3.8) is 0 Å². The zero-order valence-electron chi connectivity index (χ0n) is 69.5. The second kappa shape index (κ2) is 44.1. The molecule has 0 aliphatic heterocycles. The van der Waals surface area contributed by atoms with Crippen LogP contribution in [0.25, 0.3) is 0 Å². The highest BCUT2D eigenvalue weighted by atomic mass is 35.5. The number of ether oxygens (including phenoxy) is 7. The van der Waals surface area contributed by atoms with Crippen LogP contribution in [0, 0.1) is 25.1 Å². The topological polar surface area (TPSA) is 119 Å². The van der Waals surface area contributed by atoms with Crippen molar-refractivity contribution in [2.24, 2.45) is 5.41 Å². The van der Waals surface area contributed by atoms with E-state index in [1.54, 1.807) is 44.8 Å². The minimum absolute atomic E-state index is 0.0958. The summed E-state index contributed by atoms with van der Waals surface area (Å²) in [6.07, 6.45) is 4.33.